The van der Waals surface area contributed by atoms with Crippen molar-refractivity contribution < 1.29 is 14.1 Å². The highest BCUT2D eigenvalue weighted by atomic mass is 32.2. The second kappa shape index (κ2) is 6.94. The number of benzene rings is 1. The molecule has 1 aromatic rings. The Hall–Kier alpha value is -2.03. The zero-order valence-electron chi connectivity index (χ0n) is 11.1. The number of non-ortho nitro benzene ring substituents is 1. The third-order valence-corrected chi connectivity index (χ3v) is 4.19. The van der Waals surface area contributed by atoms with E-state index < -0.39 is 20.6 Å². The summed E-state index contributed by atoms with van der Waals surface area (Å²) in [4.78, 5) is 20.1. The maximum atomic E-state index is 11.2. The van der Waals surface area contributed by atoms with E-state index in [-0.39, 0.29) is 22.3 Å². The summed E-state index contributed by atoms with van der Waals surface area (Å²) in [6.45, 7) is 2.22. The summed E-state index contributed by atoms with van der Waals surface area (Å²) < 4.78 is 11.2. The SMILES string of the molecule is CC(CCNc1ccc([N+](=O)[O-])cc1[N+](=O)[O-])S(C)=O. The predicted octanol–water partition coefficient (Wildman–Crippen LogP) is 2.07. The van der Waals surface area contributed by atoms with Crippen molar-refractivity contribution in [1.82, 2.24) is 0 Å². The molecule has 0 amide bonds. The van der Waals surface area contributed by atoms with E-state index >= 15 is 0 Å². The number of nitrogens with one attached hydrogen (secondary N) is 1. The summed E-state index contributed by atoms with van der Waals surface area (Å²) in [5.74, 6) is 0. The Bertz CT molecular complexity index is 549. The van der Waals surface area contributed by atoms with E-state index in [0.29, 0.717) is 13.0 Å². The third-order valence-electron chi connectivity index (χ3n) is 2.82. The number of anilines is 1. The van der Waals surface area contributed by atoms with Crippen LogP contribution in [-0.2, 0) is 10.8 Å². The van der Waals surface area contributed by atoms with Gasteiger partial charge in [0.05, 0.1) is 15.9 Å². The Morgan fingerprint density at radius 1 is 1.30 bits per heavy atom. The molecule has 1 aromatic carbocycles. The zero-order chi connectivity index (χ0) is 15.3. The van der Waals surface area contributed by atoms with E-state index in [0.717, 1.165) is 6.07 Å². The maximum absolute atomic E-state index is 11.2. The van der Waals surface area contributed by atoms with Crippen molar-refractivity contribution in [3.63, 3.8) is 0 Å². The highest BCUT2D eigenvalue weighted by Crippen LogP contribution is 2.28. The van der Waals surface area contributed by atoms with Crippen molar-refractivity contribution in [3.05, 3.63) is 38.4 Å². The van der Waals surface area contributed by atoms with Gasteiger partial charge in [-0.3, -0.25) is 24.4 Å². The van der Waals surface area contributed by atoms with Crippen LogP contribution in [-0.4, -0.2) is 32.1 Å². The molecule has 0 fully saturated rings. The van der Waals surface area contributed by atoms with Gasteiger partial charge in [0.15, 0.2) is 0 Å². The van der Waals surface area contributed by atoms with E-state index in [1.165, 1.54) is 12.1 Å². The molecule has 0 spiro atoms. The minimum atomic E-state index is -0.955. The van der Waals surface area contributed by atoms with Gasteiger partial charge in [-0.25, -0.2) is 0 Å². The number of hydrogen-bond acceptors (Lipinski definition) is 6. The first-order valence-electron chi connectivity index (χ1n) is 5.82. The van der Waals surface area contributed by atoms with Gasteiger partial charge < -0.3 is 5.32 Å². The highest BCUT2D eigenvalue weighted by molar-refractivity contribution is 7.84. The Balaban J connectivity index is 2.82. The molecule has 0 aromatic heterocycles. The topological polar surface area (TPSA) is 115 Å². The molecule has 20 heavy (non-hydrogen) atoms. The molecular weight excluding hydrogens is 286 g/mol. The molecular formula is C11H15N3O5S. The maximum Gasteiger partial charge on any atom is 0.299 e. The Morgan fingerprint density at radius 2 is 1.95 bits per heavy atom. The number of hydrogen-bond donors (Lipinski definition) is 1. The fourth-order valence-electron chi connectivity index (χ4n) is 1.51. The van der Waals surface area contributed by atoms with Crippen molar-refractivity contribution in [1.29, 1.82) is 0 Å². The largest absolute Gasteiger partial charge is 0.379 e. The lowest BCUT2D eigenvalue weighted by Gasteiger charge is -2.10. The van der Waals surface area contributed by atoms with E-state index in [4.69, 9.17) is 0 Å². The van der Waals surface area contributed by atoms with Gasteiger partial charge in [0, 0.05) is 34.9 Å². The summed E-state index contributed by atoms with van der Waals surface area (Å²) in [5, 5.41) is 24.3. The van der Waals surface area contributed by atoms with Crippen LogP contribution in [0.25, 0.3) is 0 Å². The van der Waals surface area contributed by atoms with Crippen LogP contribution in [0, 0.1) is 20.2 Å². The van der Waals surface area contributed by atoms with Crippen molar-refractivity contribution in [2.24, 2.45) is 0 Å². The molecule has 1 rings (SSSR count). The van der Waals surface area contributed by atoms with Gasteiger partial charge in [-0.2, -0.15) is 0 Å². The third kappa shape index (κ3) is 4.26. The van der Waals surface area contributed by atoms with Gasteiger partial charge in [0.1, 0.15) is 5.69 Å². The molecule has 110 valence electrons. The molecule has 9 heteroatoms. The van der Waals surface area contributed by atoms with Crippen LogP contribution in [0.3, 0.4) is 0 Å². The van der Waals surface area contributed by atoms with Crippen molar-refractivity contribution in [2.75, 3.05) is 18.1 Å². The van der Waals surface area contributed by atoms with E-state index in [1.807, 2.05) is 6.92 Å². The Morgan fingerprint density at radius 3 is 2.45 bits per heavy atom. The zero-order valence-corrected chi connectivity index (χ0v) is 11.9. The van der Waals surface area contributed by atoms with Crippen LogP contribution in [0.15, 0.2) is 18.2 Å². The molecule has 0 radical (unpaired) electrons. The minimum Gasteiger partial charge on any atom is -0.379 e. The summed E-state index contributed by atoms with van der Waals surface area (Å²) in [7, 11) is -0.955. The predicted molar refractivity (Wildman–Crippen MR) is 76.4 cm³/mol. The van der Waals surface area contributed by atoms with E-state index in [2.05, 4.69) is 5.32 Å². The average molecular weight is 301 g/mol. The summed E-state index contributed by atoms with van der Waals surface area (Å²) in [6, 6.07) is 3.43. The second-order valence-electron chi connectivity index (χ2n) is 4.24. The first kappa shape index (κ1) is 16.0. The van der Waals surface area contributed by atoms with Gasteiger partial charge in [-0.15, -0.1) is 0 Å². The molecule has 2 unspecified atom stereocenters. The standard InChI is InChI=1S/C11H15N3O5S/c1-8(20(2)19)5-6-12-10-4-3-9(13(15)16)7-11(10)14(17)18/h3-4,7-8,12H,5-6H2,1-2H3. The van der Waals surface area contributed by atoms with Crippen molar-refractivity contribution >= 4 is 27.9 Å². The second-order valence-corrected chi connectivity index (χ2v) is 6.04. The van der Waals surface area contributed by atoms with Crippen LogP contribution in [0.4, 0.5) is 17.1 Å². The quantitative estimate of drug-likeness (QED) is 0.609. The number of nitrogens with zero attached hydrogens (tertiary/aromatic N) is 2. The lowest BCUT2D eigenvalue weighted by atomic mass is 10.2. The Labute approximate surface area is 117 Å². The molecule has 1 N–H and O–H groups in total. The fraction of sp³-hybridized carbons (Fsp3) is 0.455. The number of rotatable bonds is 7. The van der Waals surface area contributed by atoms with Crippen LogP contribution < -0.4 is 5.32 Å². The minimum absolute atomic E-state index is 0.0281. The molecule has 2 atom stereocenters. The average Bonchev–Trinajstić information content (AvgIpc) is 2.38. The first-order chi connectivity index (χ1) is 9.32. The van der Waals surface area contributed by atoms with Crippen molar-refractivity contribution in [2.45, 2.75) is 18.6 Å². The van der Waals surface area contributed by atoms with Crippen LogP contribution >= 0.6 is 0 Å². The normalized spacial score (nSPS) is 13.5. The lowest BCUT2D eigenvalue weighted by molar-refractivity contribution is -0.393. The molecule has 0 heterocycles. The van der Waals surface area contributed by atoms with E-state index in [9.17, 15) is 24.4 Å². The molecule has 0 aliphatic carbocycles. The first-order valence-corrected chi connectivity index (χ1v) is 7.44. The van der Waals surface area contributed by atoms with Gasteiger partial charge in [-0.1, -0.05) is 6.92 Å². The molecule has 0 bridgehead atoms. The van der Waals surface area contributed by atoms with Crippen LogP contribution in [0.1, 0.15) is 13.3 Å². The van der Waals surface area contributed by atoms with Gasteiger partial charge in [0.25, 0.3) is 11.4 Å². The van der Waals surface area contributed by atoms with Gasteiger partial charge in [-0.05, 0) is 12.5 Å². The lowest BCUT2D eigenvalue weighted by Crippen LogP contribution is -2.15. The van der Waals surface area contributed by atoms with Gasteiger partial charge in [0.2, 0.25) is 0 Å². The summed E-state index contributed by atoms with van der Waals surface area (Å²) in [5.41, 5.74) is -0.454. The fourth-order valence-corrected chi connectivity index (χ4v) is 1.96. The van der Waals surface area contributed by atoms with Crippen LogP contribution in [0.2, 0.25) is 0 Å². The number of nitro benzene ring substituents is 2. The van der Waals surface area contributed by atoms with Crippen LogP contribution in [0.5, 0.6) is 0 Å². The Kier molecular flexibility index (Phi) is 5.56. The molecule has 0 saturated carbocycles. The summed E-state index contributed by atoms with van der Waals surface area (Å²) >= 11 is 0. The number of nitro groups is 2. The molecule has 0 aliphatic rings. The van der Waals surface area contributed by atoms with E-state index in [1.54, 1.807) is 6.26 Å². The van der Waals surface area contributed by atoms with Gasteiger partial charge >= 0.3 is 0 Å². The molecule has 8 nitrogen and oxygen atoms in total. The monoisotopic (exact) mass is 301 g/mol. The van der Waals surface area contributed by atoms with Crippen molar-refractivity contribution in [3.8, 4) is 0 Å². The molecule has 0 saturated heterocycles. The summed E-state index contributed by atoms with van der Waals surface area (Å²) in [6.07, 6.45) is 2.18. The molecule has 0 aliphatic heterocycles. The smallest absolute Gasteiger partial charge is 0.299 e. The highest BCUT2D eigenvalue weighted by Gasteiger charge is 2.19.